The first-order chi connectivity index (χ1) is 7.70. The molecule has 0 amide bonds. The number of nitrogens with zero attached hydrogens (tertiary/aromatic N) is 1. The number of hydrogen-bond donors (Lipinski definition) is 1. The smallest absolute Gasteiger partial charge is 0.181 e. The normalized spacial score (nSPS) is 20.7. The van der Waals surface area contributed by atoms with E-state index in [2.05, 4.69) is 0 Å². The fourth-order valence-electron chi connectivity index (χ4n) is 2.06. The van der Waals surface area contributed by atoms with E-state index in [4.69, 9.17) is 10.00 Å². The van der Waals surface area contributed by atoms with Crippen molar-refractivity contribution in [2.75, 3.05) is 0 Å². The molecule has 2 atom stereocenters. The van der Waals surface area contributed by atoms with Crippen LogP contribution in [0.1, 0.15) is 37.0 Å². The maximum atomic E-state index is 9.86. The van der Waals surface area contributed by atoms with Gasteiger partial charge in [0, 0.05) is 0 Å². The number of ether oxygens (including phenoxy) is 1. The maximum absolute atomic E-state index is 9.86. The molecule has 3 heteroatoms. The Bertz CT molecular complexity index is 422. The van der Waals surface area contributed by atoms with Gasteiger partial charge in [-0.25, -0.2) is 0 Å². The van der Waals surface area contributed by atoms with Crippen LogP contribution in [-0.2, 0) is 6.42 Å². The van der Waals surface area contributed by atoms with Crippen LogP contribution in [0, 0.1) is 11.3 Å². The van der Waals surface area contributed by atoms with Crippen LogP contribution in [0.3, 0.4) is 0 Å². The zero-order valence-corrected chi connectivity index (χ0v) is 9.31. The van der Waals surface area contributed by atoms with E-state index in [0.717, 1.165) is 24.8 Å². The molecule has 1 N–H and O–H groups in total. The quantitative estimate of drug-likeness (QED) is 0.827. The molecule has 2 rings (SSSR count). The van der Waals surface area contributed by atoms with Crippen molar-refractivity contribution in [3.8, 4) is 11.8 Å². The molecule has 0 aromatic heterocycles. The van der Waals surface area contributed by atoms with Crippen LogP contribution in [-0.4, -0.2) is 11.2 Å². The van der Waals surface area contributed by atoms with Gasteiger partial charge >= 0.3 is 0 Å². The van der Waals surface area contributed by atoms with Gasteiger partial charge in [-0.1, -0.05) is 6.07 Å². The maximum Gasteiger partial charge on any atom is 0.181 e. The molecule has 0 aliphatic heterocycles. The molecule has 1 unspecified atom stereocenters. The second-order valence-electron chi connectivity index (χ2n) is 4.16. The number of aliphatic hydroxyl groups excluding tert-OH is 1. The van der Waals surface area contributed by atoms with Gasteiger partial charge in [-0.2, -0.15) is 5.26 Å². The Morgan fingerprint density at radius 1 is 1.56 bits per heavy atom. The Kier molecular flexibility index (Phi) is 3.12. The predicted octanol–water partition coefficient (Wildman–Crippen LogP) is 2.35. The molecule has 1 aliphatic rings. The molecular weight excluding hydrogens is 202 g/mol. The van der Waals surface area contributed by atoms with Crippen molar-refractivity contribution in [1.82, 2.24) is 0 Å². The van der Waals surface area contributed by atoms with Crippen molar-refractivity contribution in [2.45, 2.75) is 38.4 Å². The predicted molar refractivity (Wildman–Crippen MR) is 60.0 cm³/mol. The van der Waals surface area contributed by atoms with E-state index in [0.29, 0.717) is 5.75 Å². The van der Waals surface area contributed by atoms with Crippen molar-refractivity contribution in [3.63, 3.8) is 0 Å². The molecule has 0 bridgehead atoms. The molecule has 0 saturated carbocycles. The summed E-state index contributed by atoms with van der Waals surface area (Å²) in [5, 5.41) is 18.5. The molecular formula is C13H15NO2. The van der Waals surface area contributed by atoms with E-state index < -0.39 is 6.10 Å². The highest BCUT2D eigenvalue weighted by Crippen LogP contribution is 2.32. The van der Waals surface area contributed by atoms with Crippen molar-refractivity contribution < 1.29 is 9.84 Å². The molecule has 3 nitrogen and oxygen atoms in total. The van der Waals surface area contributed by atoms with Crippen molar-refractivity contribution in [1.29, 1.82) is 5.26 Å². The summed E-state index contributed by atoms with van der Waals surface area (Å²) in [5.74, 6) is 0.661. The van der Waals surface area contributed by atoms with Gasteiger partial charge in [0.25, 0.3) is 0 Å². The summed E-state index contributed by atoms with van der Waals surface area (Å²) in [5.41, 5.74) is 2.14. The first-order valence-electron chi connectivity index (χ1n) is 5.58. The lowest BCUT2D eigenvalue weighted by atomic mass is 9.89. The molecule has 0 fully saturated rings. The van der Waals surface area contributed by atoms with Crippen LogP contribution in [0.2, 0.25) is 0 Å². The summed E-state index contributed by atoms with van der Waals surface area (Å²) >= 11 is 0. The molecule has 0 radical (unpaired) electrons. The Balaban J connectivity index is 2.24. The summed E-state index contributed by atoms with van der Waals surface area (Å²) in [6.07, 6.45) is 2.01. The van der Waals surface area contributed by atoms with Crippen molar-refractivity contribution in [2.24, 2.45) is 0 Å². The highest BCUT2D eigenvalue weighted by atomic mass is 16.5. The Labute approximate surface area is 95.3 Å². The molecule has 0 spiro atoms. The number of benzene rings is 1. The third-order valence-electron chi connectivity index (χ3n) is 2.89. The highest BCUT2D eigenvalue weighted by Gasteiger charge is 2.18. The molecule has 0 saturated heterocycles. The topological polar surface area (TPSA) is 53.2 Å². The standard InChI is InChI=1S/C13H15NO2/c1-9(8-14)16-11-6-5-10-3-2-4-13(15)12(10)7-11/h5-7,9,13,15H,2-4H2,1H3/t9?,13-/m0/s1. The van der Waals surface area contributed by atoms with Crippen LogP contribution in [0.25, 0.3) is 0 Å². The molecule has 1 aromatic carbocycles. The average molecular weight is 217 g/mol. The summed E-state index contributed by atoms with van der Waals surface area (Å²) in [7, 11) is 0. The summed E-state index contributed by atoms with van der Waals surface area (Å²) < 4.78 is 5.41. The molecule has 1 aliphatic carbocycles. The Morgan fingerprint density at radius 3 is 3.12 bits per heavy atom. The minimum Gasteiger partial charge on any atom is -0.476 e. The van der Waals surface area contributed by atoms with Crippen LogP contribution in [0.5, 0.6) is 5.75 Å². The lowest BCUT2D eigenvalue weighted by Gasteiger charge is -2.22. The third-order valence-corrected chi connectivity index (χ3v) is 2.89. The van der Waals surface area contributed by atoms with Gasteiger partial charge in [-0.3, -0.25) is 0 Å². The Hall–Kier alpha value is -1.53. The fourth-order valence-corrected chi connectivity index (χ4v) is 2.06. The number of rotatable bonds is 2. The van der Waals surface area contributed by atoms with E-state index >= 15 is 0 Å². The number of fused-ring (bicyclic) bond motifs is 1. The van der Waals surface area contributed by atoms with Crippen molar-refractivity contribution in [3.05, 3.63) is 29.3 Å². The lowest BCUT2D eigenvalue weighted by molar-refractivity contribution is 0.155. The molecule has 0 heterocycles. The van der Waals surface area contributed by atoms with Gasteiger partial charge < -0.3 is 9.84 Å². The van der Waals surface area contributed by atoms with Crippen molar-refractivity contribution >= 4 is 0 Å². The van der Waals surface area contributed by atoms with Crippen LogP contribution < -0.4 is 4.74 Å². The first kappa shape index (κ1) is 11.0. The van der Waals surface area contributed by atoms with Gasteiger partial charge in [-0.15, -0.1) is 0 Å². The number of nitriles is 1. The van der Waals surface area contributed by atoms with Gasteiger partial charge in [0.2, 0.25) is 0 Å². The Morgan fingerprint density at radius 2 is 2.38 bits per heavy atom. The minimum absolute atomic E-state index is 0.385. The summed E-state index contributed by atoms with van der Waals surface area (Å²) in [6.45, 7) is 1.70. The molecule has 16 heavy (non-hydrogen) atoms. The largest absolute Gasteiger partial charge is 0.476 e. The van der Waals surface area contributed by atoms with Gasteiger partial charge in [0.15, 0.2) is 6.10 Å². The minimum atomic E-state index is -0.459. The number of aryl methyl sites for hydroxylation is 1. The van der Waals surface area contributed by atoms with E-state index in [1.165, 1.54) is 5.56 Å². The van der Waals surface area contributed by atoms with Crippen LogP contribution in [0.15, 0.2) is 18.2 Å². The summed E-state index contributed by atoms with van der Waals surface area (Å²) in [4.78, 5) is 0. The zero-order chi connectivity index (χ0) is 11.5. The molecule has 84 valence electrons. The van der Waals surface area contributed by atoms with E-state index in [1.54, 1.807) is 6.92 Å². The van der Waals surface area contributed by atoms with Gasteiger partial charge in [0.05, 0.1) is 6.10 Å². The lowest BCUT2D eigenvalue weighted by Crippen LogP contribution is -2.12. The monoisotopic (exact) mass is 217 g/mol. The van der Waals surface area contributed by atoms with Crippen LogP contribution in [0.4, 0.5) is 0 Å². The van der Waals surface area contributed by atoms with Gasteiger partial charge in [0.1, 0.15) is 11.8 Å². The average Bonchev–Trinajstić information content (AvgIpc) is 2.30. The number of aliphatic hydroxyl groups is 1. The zero-order valence-electron chi connectivity index (χ0n) is 9.31. The first-order valence-corrected chi connectivity index (χ1v) is 5.58. The SMILES string of the molecule is CC(C#N)Oc1ccc2c(c1)[C@@H](O)CCC2. The second kappa shape index (κ2) is 4.54. The fraction of sp³-hybridized carbons (Fsp3) is 0.462. The second-order valence-corrected chi connectivity index (χ2v) is 4.16. The highest BCUT2D eigenvalue weighted by molar-refractivity contribution is 5.38. The van der Waals surface area contributed by atoms with E-state index in [9.17, 15) is 5.11 Å². The summed E-state index contributed by atoms with van der Waals surface area (Å²) in [6, 6.07) is 7.72. The van der Waals surface area contributed by atoms with Crippen LogP contribution >= 0.6 is 0 Å². The molecule has 1 aromatic rings. The number of hydrogen-bond acceptors (Lipinski definition) is 3. The third kappa shape index (κ3) is 2.17. The van der Waals surface area contributed by atoms with E-state index in [-0.39, 0.29) is 6.10 Å². The van der Waals surface area contributed by atoms with E-state index in [1.807, 2.05) is 24.3 Å². The van der Waals surface area contributed by atoms with Gasteiger partial charge in [-0.05, 0) is 49.4 Å².